The van der Waals surface area contributed by atoms with Gasteiger partial charge in [-0.1, -0.05) is 0 Å². The number of hydrogen-bond donors (Lipinski definition) is 0. The van der Waals surface area contributed by atoms with Crippen molar-refractivity contribution in [1.82, 2.24) is 0 Å². The van der Waals surface area contributed by atoms with Gasteiger partial charge in [0.05, 0.1) is 0 Å². The summed E-state index contributed by atoms with van der Waals surface area (Å²) in [5.74, 6) is 0. The summed E-state index contributed by atoms with van der Waals surface area (Å²) in [6.45, 7) is 0. The minimum atomic E-state index is -0.194. The van der Waals surface area contributed by atoms with E-state index < -0.39 is 0 Å². The van der Waals surface area contributed by atoms with E-state index in [0.717, 1.165) is 0 Å². The molecule has 0 atom stereocenters. The average molecular weight is 119 g/mol. The molecule has 0 aliphatic heterocycles. The Morgan fingerprint density at radius 1 is 1.25 bits per heavy atom. The zero-order valence-corrected chi connectivity index (χ0v) is 3.38. The zero-order chi connectivity index (χ0) is 2.00. The summed E-state index contributed by atoms with van der Waals surface area (Å²) >= 11 is 0. The van der Waals surface area contributed by atoms with Gasteiger partial charge < -0.3 is 4.11 Å². The van der Waals surface area contributed by atoms with Crippen molar-refractivity contribution in [2.24, 2.45) is 0 Å². The van der Waals surface area contributed by atoms with E-state index in [1.165, 1.54) is 0 Å². The van der Waals surface area contributed by atoms with Gasteiger partial charge in [0.15, 0.2) is 0 Å². The van der Waals surface area contributed by atoms with Gasteiger partial charge in [-0.25, -0.2) is 0 Å². The van der Waals surface area contributed by atoms with Gasteiger partial charge in [-0.05, 0) is 0 Å². The van der Waals surface area contributed by atoms with Crippen LogP contribution in [0.2, 0.25) is 0 Å². The normalized spacial score (nSPS) is 2.25. The molecule has 0 N–H and O–H groups in total. The molecule has 0 aliphatic rings. The summed E-state index contributed by atoms with van der Waals surface area (Å²) in [5, 5.41) is 0. The van der Waals surface area contributed by atoms with Crippen LogP contribution in [0, 0.1) is 0 Å². The molecule has 0 aromatic rings. The Morgan fingerprint density at radius 2 is 1.25 bits per heavy atom. The molecule has 4 heavy (non-hydrogen) atoms. The minimum Gasteiger partial charge on any atom is 0.316 e. The van der Waals surface area contributed by atoms with E-state index >= 15 is 0 Å². The smallest absolute Gasteiger partial charge is 0.316 e. The summed E-state index contributed by atoms with van der Waals surface area (Å²) in [5.41, 5.74) is 0. The molecule has 0 bridgehead atoms. The molecule has 0 heterocycles. The molecule has 0 rings (SSSR count). The van der Waals surface area contributed by atoms with E-state index in [-0.39, 0.29) is 71.4 Å². The van der Waals surface area contributed by atoms with Crippen molar-refractivity contribution in [3.63, 3.8) is 0 Å². The monoisotopic (exact) mass is 118 g/mol. The molecule has 0 spiro atoms. The van der Waals surface area contributed by atoms with Gasteiger partial charge in [0.1, 0.15) is 0 Å². The predicted molar refractivity (Wildman–Crippen MR) is 28.1 cm³/mol. The molecule has 0 aliphatic carbocycles. The first-order chi connectivity index (χ1) is 1.00. The van der Waals surface area contributed by atoms with Gasteiger partial charge in [-0.15, -0.1) is 0 Å². The molecule has 0 nitrogen and oxygen atoms in total. The summed E-state index contributed by atoms with van der Waals surface area (Å²) in [4.78, 5) is 0. The van der Waals surface area contributed by atoms with Crippen LogP contribution in [0.4, 0.5) is 4.11 Å². The molecule has 0 fully saturated rings. The first kappa shape index (κ1) is 16.4. The molecule has 0 saturated heterocycles. The van der Waals surface area contributed by atoms with Crippen LogP contribution in [0.15, 0.2) is 0 Å². The molecule has 0 unspecified atom stereocenters. The van der Waals surface area contributed by atoms with Crippen molar-refractivity contribution >= 4 is 71.4 Å². The third-order valence-corrected chi connectivity index (χ3v) is 0. The van der Waals surface area contributed by atoms with E-state index in [1.54, 1.807) is 0 Å². The fourth-order valence-corrected chi connectivity index (χ4v) is 0. The molecule has 0 aromatic heterocycles. The maximum Gasteiger partial charge on any atom is 0.316 e. The molecular formula is H7CaFMgSi. The molecule has 4 heteroatoms. The minimum absolute atomic E-state index is 0. The number of halogens is 1. The SMILES string of the molecule is F[SiH3].[CaH2].[MgH2]. The second kappa shape index (κ2) is 19.1. The predicted octanol–water partition coefficient (Wildman–Crippen LogP) is -2.60. The fraction of sp³-hybridized carbons (Fsp3) is 0. The second-order valence-corrected chi connectivity index (χ2v) is 0. The summed E-state index contributed by atoms with van der Waals surface area (Å²) in [6, 6.07) is 0. The first-order valence-corrected chi connectivity index (χ1v) is 1.13. The Balaban J connectivity index is -0.00000000500. The molecule has 0 amide bonds. The van der Waals surface area contributed by atoms with Crippen molar-refractivity contribution in [3.05, 3.63) is 0 Å². The third kappa shape index (κ3) is 8.90. The summed E-state index contributed by atoms with van der Waals surface area (Å²) in [6.07, 6.45) is 0. The molecule has 0 aromatic carbocycles. The van der Waals surface area contributed by atoms with Crippen molar-refractivity contribution in [3.8, 4) is 0 Å². The maximum atomic E-state index is 9.64. The van der Waals surface area contributed by atoms with Crippen LogP contribution < -0.4 is 0 Å². The van der Waals surface area contributed by atoms with Crippen LogP contribution in [-0.4, -0.2) is 71.4 Å². The Morgan fingerprint density at radius 3 is 1.25 bits per heavy atom. The van der Waals surface area contributed by atoms with Crippen LogP contribution in [0.3, 0.4) is 0 Å². The average Bonchev–Trinajstić information content (AvgIpc) is 1.00. The van der Waals surface area contributed by atoms with Gasteiger partial charge in [-0.2, -0.15) is 0 Å². The van der Waals surface area contributed by atoms with E-state index in [9.17, 15) is 4.11 Å². The molecule has 22 valence electrons. The first-order valence-electron chi connectivity index (χ1n) is 0.378. The van der Waals surface area contributed by atoms with Gasteiger partial charge in [0, 0.05) is 0 Å². The van der Waals surface area contributed by atoms with Crippen LogP contribution >= 0.6 is 0 Å². The molecule has 0 saturated carbocycles. The number of hydrogen-bond acceptors (Lipinski definition) is 0. The van der Waals surface area contributed by atoms with Gasteiger partial charge in [0.2, 0.25) is 10.6 Å². The van der Waals surface area contributed by atoms with Crippen LogP contribution in [-0.2, 0) is 0 Å². The molecule has 0 radical (unpaired) electrons. The molecular weight excluding hydrogens is 111 g/mol. The van der Waals surface area contributed by atoms with Crippen molar-refractivity contribution in [2.45, 2.75) is 0 Å². The van der Waals surface area contributed by atoms with Crippen LogP contribution in [0.5, 0.6) is 0 Å². The van der Waals surface area contributed by atoms with Crippen molar-refractivity contribution < 1.29 is 4.11 Å². The summed E-state index contributed by atoms with van der Waals surface area (Å²) < 4.78 is 9.64. The van der Waals surface area contributed by atoms with E-state index in [0.29, 0.717) is 0 Å². The van der Waals surface area contributed by atoms with Crippen LogP contribution in [0.25, 0.3) is 0 Å². The zero-order valence-electron chi connectivity index (χ0n) is 1.38. The van der Waals surface area contributed by atoms with Crippen LogP contribution in [0.1, 0.15) is 0 Å². The summed E-state index contributed by atoms with van der Waals surface area (Å²) in [7, 11) is -0.194. The van der Waals surface area contributed by atoms with Crippen molar-refractivity contribution in [1.29, 1.82) is 0 Å². The number of rotatable bonds is 0. The van der Waals surface area contributed by atoms with Crippen molar-refractivity contribution in [2.75, 3.05) is 0 Å². The largest absolute Gasteiger partial charge is 0.316 e. The second-order valence-electron chi connectivity index (χ2n) is 0. The van der Waals surface area contributed by atoms with Gasteiger partial charge >= 0.3 is 60.8 Å². The standard InChI is InChI=1S/Ca.FH3Si.Mg.4H/c;1-2;;;;;/h;2H3;;;;;. The Hall–Kier alpha value is 2.17. The van der Waals surface area contributed by atoms with E-state index in [2.05, 4.69) is 0 Å². The maximum absolute atomic E-state index is 9.64. The Labute approximate surface area is 74.3 Å². The Bertz CT molecular complexity index is 8.00. The topological polar surface area (TPSA) is 0 Å². The fourth-order valence-electron chi connectivity index (χ4n) is 0. The quantitative estimate of drug-likeness (QED) is 0.242. The van der Waals surface area contributed by atoms with E-state index in [4.69, 9.17) is 0 Å². The third-order valence-electron chi connectivity index (χ3n) is 0. The Kier molecular flexibility index (Phi) is 78.3. The van der Waals surface area contributed by atoms with Gasteiger partial charge in [-0.3, -0.25) is 0 Å². The van der Waals surface area contributed by atoms with Gasteiger partial charge in [0.25, 0.3) is 0 Å². The van der Waals surface area contributed by atoms with E-state index in [1.807, 2.05) is 0 Å².